The van der Waals surface area contributed by atoms with Crippen LogP contribution in [-0.2, 0) is 0 Å². The van der Waals surface area contributed by atoms with Crippen molar-refractivity contribution in [3.63, 3.8) is 0 Å². The van der Waals surface area contributed by atoms with E-state index in [-0.39, 0.29) is 0 Å². The highest BCUT2D eigenvalue weighted by Crippen LogP contribution is 2.16. The van der Waals surface area contributed by atoms with Crippen LogP contribution in [0, 0.1) is 5.92 Å². The summed E-state index contributed by atoms with van der Waals surface area (Å²) in [6.07, 6.45) is 4.20. The number of piperidine rings is 1. The largest absolute Gasteiger partial charge is 0.481 e. The molecule has 0 unspecified atom stereocenters. The minimum atomic E-state index is 0.603. The molecule has 1 aliphatic rings. The van der Waals surface area contributed by atoms with Gasteiger partial charge in [-0.3, -0.25) is 0 Å². The van der Waals surface area contributed by atoms with E-state index in [0.717, 1.165) is 12.5 Å². The molecule has 1 N–H and O–H groups in total. The third kappa shape index (κ3) is 3.56. The van der Waals surface area contributed by atoms with Crippen LogP contribution >= 0.6 is 0 Å². The van der Waals surface area contributed by atoms with Crippen molar-refractivity contribution < 1.29 is 4.74 Å². The predicted octanol–water partition coefficient (Wildman–Crippen LogP) is 1.24. The molecule has 0 aromatic carbocycles. The van der Waals surface area contributed by atoms with Crippen LogP contribution in [0.3, 0.4) is 0 Å². The first-order valence-corrected chi connectivity index (χ1v) is 6.07. The van der Waals surface area contributed by atoms with Gasteiger partial charge in [-0.15, -0.1) is 0 Å². The zero-order valence-electron chi connectivity index (χ0n) is 10.5. The average molecular weight is 236 g/mol. The Morgan fingerprint density at radius 2 is 2.24 bits per heavy atom. The molecule has 5 heteroatoms. The quantitative estimate of drug-likeness (QED) is 0.852. The van der Waals surface area contributed by atoms with Crippen LogP contribution in [0.25, 0.3) is 0 Å². The van der Waals surface area contributed by atoms with Crippen molar-refractivity contribution in [2.75, 3.05) is 39.1 Å². The van der Waals surface area contributed by atoms with E-state index in [2.05, 4.69) is 27.2 Å². The summed E-state index contributed by atoms with van der Waals surface area (Å²) in [4.78, 5) is 10.8. The lowest BCUT2D eigenvalue weighted by Crippen LogP contribution is -2.33. The molecule has 94 valence electrons. The Labute approximate surface area is 102 Å². The number of nitrogens with zero attached hydrogens (tertiary/aromatic N) is 3. The fourth-order valence-electron chi connectivity index (χ4n) is 2.04. The smallest absolute Gasteiger partial charge is 0.225 e. The van der Waals surface area contributed by atoms with E-state index < -0.39 is 0 Å². The highest BCUT2D eigenvalue weighted by atomic mass is 16.5. The lowest BCUT2D eigenvalue weighted by molar-refractivity contribution is 0.226. The normalized spacial score (nSPS) is 18.0. The van der Waals surface area contributed by atoms with Gasteiger partial charge in [0.2, 0.25) is 11.8 Å². The number of hydrogen-bond donors (Lipinski definition) is 1. The topological polar surface area (TPSA) is 50.3 Å². The number of aromatic nitrogens is 2. The Morgan fingerprint density at radius 3 is 2.94 bits per heavy atom. The van der Waals surface area contributed by atoms with Gasteiger partial charge in [-0.25, -0.2) is 4.98 Å². The lowest BCUT2D eigenvalue weighted by atomic mass is 9.97. The number of ether oxygens (including phenoxy) is 1. The molecule has 0 bridgehead atoms. The van der Waals surface area contributed by atoms with Crippen LogP contribution in [0.1, 0.15) is 12.8 Å². The first-order chi connectivity index (χ1) is 8.28. The molecule has 0 amide bonds. The van der Waals surface area contributed by atoms with Crippen LogP contribution in [0.5, 0.6) is 5.88 Å². The Bertz CT molecular complexity index is 350. The van der Waals surface area contributed by atoms with Crippen LogP contribution in [0.2, 0.25) is 0 Å². The minimum absolute atomic E-state index is 0.603. The van der Waals surface area contributed by atoms with Crippen molar-refractivity contribution in [3.05, 3.63) is 12.3 Å². The molecule has 1 aromatic rings. The molecule has 0 atom stereocenters. The number of likely N-dealkylation sites (tertiary alicyclic amines) is 1. The van der Waals surface area contributed by atoms with E-state index in [4.69, 9.17) is 4.74 Å². The Kier molecular flexibility index (Phi) is 4.14. The van der Waals surface area contributed by atoms with Gasteiger partial charge in [0.05, 0.1) is 7.11 Å². The molecular formula is C12H20N4O. The van der Waals surface area contributed by atoms with Gasteiger partial charge in [-0.05, 0) is 38.9 Å². The standard InChI is InChI=1S/C12H20N4O/c1-16-7-4-10(5-8-16)9-14-12-13-6-3-11(15-12)17-2/h3,6,10H,4-5,7-9H2,1-2H3,(H,13,14,15). The van der Waals surface area contributed by atoms with E-state index >= 15 is 0 Å². The zero-order valence-corrected chi connectivity index (χ0v) is 10.5. The number of anilines is 1. The predicted molar refractivity (Wildman–Crippen MR) is 67.3 cm³/mol. The summed E-state index contributed by atoms with van der Waals surface area (Å²) in [6, 6.07) is 1.75. The molecule has 5 nitrogen and oxygen atoms in total. The lowest BCUT2D eigenvalue weighted by Gasteiger charge is -2.28. The van der Waals surface area contributed by atoms with E-state index in [1.54, 1.807) is 19.4 Å². The van der Waals surface area contributed by atoms with Gasteiger partial charge in [0.25, 0.3) is 0 Å². The van der Waals surface area contributed by atoms with Gasteiger partial charge in [0.1, 0.15) is 0 Å². The van der Waals surface area contributed by atoms with Crippen molar-refractivity contribution in [2.45, 2.75) is 12.8 Å². The molecule has 1 aromatic heterocycles. The van der Waals surface area contributed by atoms with E-state index in [9.17, 15) is 0 Å². The third-order valence-electron chi connectivity index (χ3n) is 3.23. The van der Waals surface area contributed by atoms with Crippen molar-refractivity contribution in [3.8, 4) is 5.88 Å². The molecule has 17 heavy (non-hydrogen) atoms. The maximum absolute atomic E-state index is 5.06. The van der Waals surface area contributed by atoms with Crippen LogP contribution in [-0.4, -0.2) is 48.7 Å². The molecule has 0 saturated carbocycles. The SMILES string of the molecule is COc1ccnc(NCC2CCN(C)CC2)n1. The van der Waals surface area contributed by atoms with Crippen molar-refractivity contribution in [1.29, 1.82) is 0 Å². The Hall–Kier alpha value is -1.36. The molecule has 2 rings (SSSR count). The fourth-order valence-corrected chi connectivity index (χ4v) is 2.04. The van der Waals surface area contributed by atoms with Gasteiger partial charge in [-0.2, -0.15) is 4.98 Å². The van der Waals surface area contributed by atoms with Crippen molar-refractivity contribution in [2.24, 2.45) is 5.92 Å². The first kappa shape index (κ1) is 12.1. The van der Waals surface area contributed by atoms with Gasteiger partial charge in [-0.1, -0.05) is 0 Å². The summed E-state index contributed by atoms with van der Waals surface area (Å²) < 4.78 is 5.06. The second-order valence-corrected chi connectivity index (χ2v) is 4.55. The number of rotatable bonds is 4. The van der Waals surface area contributed by atoms with E-state index in [1.807, 2.05) is 0 Å². The molecular weight excluding hydrogens is 216 g/mol. The summed E-state index contributed by atoms with van der Waals surface area (Å²) in [5.41, 5.74) is 0. The average Bonchev–Trinajstić information content (AvgIpc) is 2.38. The molecule has 0 aliphatic carbocycles. The molecule has 1 fully saturated rings. The van der Waals surface area contributed by atoms with Crippen LogP contribution in [0.15, 0.2) is 12.3 Å². The maximum atomic E-state index is 5.06. The minimum Gasteiger partial charge on any atom is -0.481 e. The van der Waals surface area contributed by atoms with Gasteiger partial charge in [0, 0.05) is 18.8 Å². The molecule has 1 aliphatic heterocycles. The summed E-state index contributed by atoms with van der Waals surface area (Å²) in [6.45, 7) is 3.32. The Balaban J connectivity index is 1.81. The summed E-state index contributed by atoms with van der Waals surface area (Å²) >= 11 is 0. The van der Waals surface area contributed by atoms with Gasteiger partial charge < -0.3 is 15.0 Å². The molecule has 0 radical (unpaired) electrons. The Morgan fingerprint density at radius 1 is 1.47 bits per heavy atom. The van der Waals surface area contributed by atoms with Crippen molar-refractivity contribution >= 4 is 5.95 Å². The van der Waals surface area contributed by atoms with Crippen molar-refractivity contribution in [1.82, 2.24) is 14.9 Å². The summed E-state index contributed by atoms with van der Waals surface area (Å²) in [5.74, 6) is 1.98. The zero-order chi connectivity index (χ0) is 12.1. The second-order valence-electron chi connectivity index (χ2n) is 4.55. The highest BCUT2D eigenvalue weighted by molar-refractivity contribution is 5.27. The monoisotopic (exact) mass is 236 g/mol. The van der Waals surface area contributed by atoms with Crippen LogP contribution < -0.4 is 10.1 Å². The maximum Gasteiger partial charge on any atom is 0.225 e. The summed E-state index contributed by atoms with van der Waals surface area (Å²) in [7, 11) is 3.79. The van der Waals surface area contributed by atoms with E-state index in [1.165, 1.54) is 25.9 Å². The second kappa shape index (κ2) is 5.82. The fraction of sp³-hybridized carbons (Fsp3) is 0.667. The summed E-state index contributed by atoms with van der Waals surface area (Å²) in [5, 5.41) is 3.28. The molecule has 1 saturated heterocycles. The molecule has 2 heterocycles. The number of hydrogen-bond acceptors (Lipinski definition) is 5. The van der Waals surface area contributed by atoms with E-state index in [0.29, 0.717) is 11.8 Å². The molecule has 0 spiro atoms. The number of methoxy groups -OCH3 is 1. The van der Waals surface area contributed by atoms with Gasteiger partial charge >= 0.3 is 0 Å². The number of nitrogens with one attached hydrogen (secondary N) is 1. The van der Waals surface area contributed by atoms with Gasteiger partial charge in [0.15, 0.2) is 0 Å². The first-order valence-electron chi connectivity index (χ1n) is 6.07. The van der Waals surface area contributed by atoms with Crippen LogP contribution in [0.4, 0.5) is 5.95 Å². The third-order valence-corrected chi connectivity index (χ3v) is 3.23. The highest BCUT2D eigenvalue weighted by Gasteiger charge is 2.16.